The summed E-state index contributed by atoms with van der Waals surface area (Å²) in [5.41, 5.74) is 2.74. The molecule has 1 heterocycles. The summed E-state index contributed by atoms with van der Waals surface area (Å²) >= 11 is 1.56. The molecule has 2 aromatic rings. The molecule has 0 radical (unpaired) electrons. The van der Waals surface area contributed by atoms with E-state index in [4.69, 9.17) is 0 Å². The monoisotopic (exact) mass is 342 g/mol. The van der Waals surface area contributed by atoms with Crippen LogP contribution < -0.4 is 10.6 Å². The molecule has 3 rings (SSSR count). The summed E-state index contributed by atoms with van der Waals surface area (Å²) in [5.74, 6) is 0.427. The molecule has 0 bridgehead atoms. The van der Waals surface area contributed by atoms with Crippen molar-refractivity contribution in [3.8, 4) is 0 Å². The highest BCUT2D eigenvalue weighted by Gasteiger charge is 2.27. The molecule has 126 valence electrons. The van der Waals surface area contributed by atoms with E-state index >= 15 is 0 Å². The number of hydrogen-bond acceptors (Lipinski definition) is 3. The summed E-state index contributed by atoms with van der Waals surface area (Å²) in [5, 5.41) is 6.36. The van der Waals surface area contributed by atoms with Gasteiger partial charge in [-0.15, -0.1) is 11.3 Å². The summed E-state index contributed by atoms with van der Waals surface area (Å²) in [7, 11) is 1.63. The number of thiophene rings is 1. The standard InChI is InChI=1S/C19H22N2O2S/c1-12-8-9-14-15(10-12)24-19(17(14)18(23)20-2)21-16(22)11-13-6-4-3-5-7-13/h3-7,12H,8-11H2,1-2H3,(H,20,23)(H,21,22). The van der Waals surface area contributed by atoms with Gasteiger partial charge >= 0.3 is 0 Å². The molecule has 1 aromatic heterocycles. The van der Waals surface area contributed by atoms with Crippen LogP contribution in [0, 0.1) is 5.92 Å². The first kappa shape index (κ1) is 16.7. The van der Waals surface area contributed by atoms with Crippen molar-refractivity contribution < 1.29 is 9.59 Å². The van der Waals surface area contributed by atoms with Crippen LogP contribution >= 0.6 is 11.3 Å². The van der Waals surface area contributed by atoms with Crippen LogP contribution in [-0.4, -0.2) is 18.9 Å². The first-order valence-corrected chi connectivity index (χ1v) is 9.10. The summed E-state index contributed by atoms with van der Waals surface area (Å²) in [6.07, 6.45) is 3.29. The van der Waals surface area contributed by atoms with E-state index in [1.807, 2.05) is 30.3 Å². The topological polar surface area (TPSA) is 58.2 Å². The molecule has 4 nitrogen and oxygen atoms in total. The maximum Gasteiger partial charge on any atom is 0.254 e. The van der Waals surface area contributed by atoms with Crippen LogP contribution in [0.15, 0.2) is 30.3 Å². The maximum absolute atomic E-state index is 12.4. The summed E-state index contributed by atoms with van der Waals surface area (Å²) in [6.45, 7) is 2.23. The Labute approximate surface area is 146 Å². The van der Waals surface area contributed by atoms with Gasteiger partial charge in [-0.05, 0) is 36.3 Å². The highest BCUT2D eigenvalue weighted by atomic mass is 32.1. The fraction of sp³-hybridized carbons (Fsp3) is 0.368. The van der Waals surface area contributed by atoms with Gasteiger partial charge in [-0.2, -0.15) is 0 Å². The molecule has 24 heavy (non-hydrogen) atoms. The Morgan fingerprint density at radius 3 is 2.71 bits per heavy atom. The predicted molar refractivity (Wildman–Crippen MR) is 97.7 cm³/mol. The van der Waals surface area contributed by atoms with E-state index in [0.29, 0.717) is 22.9 Å². The Hall–Kier alpha value is -2.14. The van der Waals surface area contributed by atoms with E-state index in [-0.39, 0.29) is 11.8 Å². The van der Waals surface area contributed by atoms with Crippen molar-refractivity contribution in [3.05, 3.63) is 51.9 Å². The molecule has 2 amide bonds. The highest BCUT2D eigenvalue weighted by Crippen LogP contribution is 2.39. The lowest BCUT2D eigenvalue weighted by atomic mass is 9.88. The second kappa shape index (κ2) is 7.18. The molecule has 2 N–H and O–H groups in total. The quantitative estimate of drug-likeness (QED) is 0.894. The van der Waals surface area contributed by atoms with Crippen LogP contribution in [0.1, 0.15) is 39.7 Å². The Morgan fingerprint density at radius 2 is 2.00 bits per heavy atom. The molecule has 1 aromatic carbocycles. The van der Waals surface area contributed by atoms with Gasteiger partial charge in [-0.25, -0.2) is 0 Å². The van der Waals surface area contributed by atoms with E-state index in [9.17, 15) is 9.59 Å². The fourth-order valence-electron chi connectivity index (χ4n) is 3.16. The Bertz CT molecular complexity index is 752. The van der Waals surface area contributed by atoms with Gasteiger partial charge in [0.1, 0.15) is 5.00 Å². The smallest absolute Gasteiger partial charge is 0.254 e. The highest BCUT2D eigenvalue weighted by molar-refractivity contribution is 7.17. The van der Waals surface area contributed by atoms with Gasteiger partial charge in [0.15, 0.2) is 0 Å². The number of hydrogen-bond donors (Lipinski definition) is 2. The van der Waals surface area contributed by atoms with Crippen LogP contribution in [0.2, 0.25) is 0 Å². The molecule has 0 spiro atoms. The number of nitrogens with one attached hydrogen (secondary N) is 2. The number of benzene rings is 1. The molecule has 1 aliphatic carbocycles. The Kier molecular flexibility index (Phi) is 5.00. The summed E-state index contributed by atoms with van der Waals surface area (Å²) < 4.78 is 0. The van der Waals surface area contributed by atoms with E-state index in [1.54, 1.807) is 18.4 Å². The lowest BCUT2D eigenvalue weighted by Crippen LogP contribution is -2.23. The van der Waals surface area contributed by atoms with Crippen LogP contribution in [0.4, 0.5) is 5.00 Å². The normalized spacial score (nSPS) is 16.3. The average molecular weight is 342 g/mol. The largest absolute Gasteiger partial charge is 0.355 e. The molecular weight excluding hydrogens is 320 g/mol. The lowest BCUT2D eigenvalue weighted by Gasteiger charge is -2.18. The van der Waals surface area contributed by atoms with Crippen molar-refractivity contribution in [3.63, 3.8) is 0 Å². The van der Waals surface area contributed by atoms with Crippen LogP contribution in [0.5, 0.6) is 0 Å². The minimum absolute atomic E-state index is 0.0852. The first-order chi connectivity index (χ1) is 11.6. The lowest BCUT2D eigenvalue weighted by molar-refractivity contribution is -0.115. The van der Waals surface area contributed by atoms with Crippen molar-refractivity contribution in [2.24, 2.45) is 5.92 Å². The van der Waals surface area contributed by atoms with Gasteiger partial charge < -0.3 is 10.6 Å². The van der Waals surface area contributed by atoms with Crippen LogP contribution in [0.3, 0.4) is 0 Å². The fourth-order valence-corrected chi connectivity index (χ4v) is 4.58. The van der Waals surface area contributed by atoms with Crippen molar-refractivity contribution in [2.45, 2.75) is 32.6 Å². The van der Waals surface area contributed by atoms with Crippen molar-refractivity contribution in [1.82, 2.24) is 5.32 Å². The van der Waals surface area contributed by atoms with E-state index < -0.39 is 0 Å². The zero-order valence-corrected chi connectivity index (χ0v) is 14.8. The molecule has 1 unspecified atom stereocenters. The van der Waals surface area contributed by atoms with Crippen LogP contribution in [0.25, 0.3) is 0 Å². The second-order valence-corrected chi connectivity index (χ2v) is 7.45. The second-order valence-electron chi connectivity index (χ2n) is 6.35. The van der Waals surface area contributed by atoms with E-state index in [1.165, 1.54) is 4.88 Å². The van der Waals surface area contributed by atoms with Gasteiger partial charge in [0.25, 0.3) is 5.91 Å². The number of rotatable bonds is 4. The minimum Gasteiger partial charge on any atom is -0.355 e. The summed E-state index contributed by atoms with van der Waals surface area (Å²) in [6, 6.07) is 9.63. The van der Waals surface area contributed by atoms with Crippen molar-refractivity contribution in [1.29, 1.82) is 0 Å². The molecule has 0 saturated carbocycles. The van der Waals surface area contributed by atoms with Crippen molar-refractivity contribution >= 4 is 28.2 Å². The minimum atomic E-state index is -0.114. The van der Waals surface area contributed by atoms with E-state index in [0.717, 1.165) is 30.4 Å². The number of amides is 2. The molecular formula is C19H22N2O2S. The zero-order valence-electron chi connectivity index (χ0n) is 14.0. The molecule has 5 heteroatoms. The van der Waals surface area contributed by atoms with E-state index in [2.05, 4.69) is 17.6 Å². The zero-order chi connectivity index (χ0) is 17.1. The molecule has 1 aliphatic rings. The average Bonchev–Trinajstić information content (AvgIpc) is 2.91. The maximum atomic E-state index is 12.4. The molecule has 0 aliphatic heterocycles. The van der Waals surface area contributed by atoms with Gasteiger partial charge in [0, 0.05) is 11.9 Å². The third-order valence-electron chi connectivity index (χ3n) is 4.43. The third-order valence-corrected chi connectivity index (χ3v) is 5.60. The number of carbonyl (C=O) groups is 2. The van der Waals surface area contributed by atoms with Crippen LogP contribution in [-0.2, 0) is 24.1 Å². The summed E-state index contributed by atoms with van der Waals surface area (Å²) in [4.78, 5) is 26.0. The number of anilines is 1. The molecule has 0 fully saturated rings. The predicted octanol–water partition coefficient (Wildman–Crippen LogP) is 3.41. The van der Waals surface area contributed by atoms with Crippen molar-refractivity contribution in [2.75, 3.05) is 12.4 Å². The molecule has 0 saturated heterocycles. The van der Waals surface area contributed by atoms with Gasteiger partial charge in [-0.3, -0.25) is 9.59 Å². The number of fused-ring (bicyclic) bond motifs is 1. The van der Waals surface area contributed by atoms with Gasteiger partial charge in [0.05, 0.1) is 12.0 Å². The molecule has 1 atom stereocenters. The Balaban J connectivity index is 1.84. The van der Waals surface area contributed by atoms with Gasteiger partial charge in [-0.1, -0.05) is 37.3 Å². The third kappa shape index (κ3) is 3.51. The first-order valence-electron chi connectivity index (χ1n) is 8.29. The SMILES string of the molecule is CNC(=O)c1c(NC(=O)Cc2ccccc2)sc2c1CCC(C)C2. The van der Waals surface area contributed by atoms with Gasteiger partial charge in [0.2, 0.25) is 5.91 Å². The number of carbonyl (C=O) groups excluding carboxylic acids is 2. The Morgan fingerprint density at radius 1 is 1.25 bits per heavy atom.